The summed E-state index contributed by atoms with van der Waals surface area (Å²) in [5.74, 6) is 0. The molecule has 1 fully saturated rings. The Morgan fingerprint density at radius 2 is 1.60 bits per heavy atom. The third kappa shape index (κ3) is 4.09. The van der Waals surface area contributed by atoms with Crippen LogP contribution in [0.2, 0.25) is 0 Å². The molecule has 0 N–H and O–H groups in total. The van der Waals surface area contributed by atoms with Gasteiger partial charge in [0.15, 0.2) is 0 Å². The van der Waals surface area contributed by atoms with Gasteiger partial charge >= 0.3 is 0 Å². The number of hydrogen-bond acceptors (Lipinski definition) is 3. The molecular formula is C12H27N3. The maximum Gasteiger partial charge on any atom is 0.0195 e. The van der Waals surface area contributed by atoms with Crippen LogP contribution >= 0.6 is 0 Å². The maximum absolute atomic E-state index is 2.62. The highest BCUT2D eigenvalue weighted by molar-refractivity contribution is 4.76. The molecule has 1 atom stereocenters. The van der Waals surface area contributed by atoms with Gasteiger partial charge in [-0.15, -0.1) is 0 Å². The van der Waals surface area contributed by atoms with Crippen molar-refractivity contribution in [3.63, 3.8) is 0 Å². The van der Waals surface area contributed by atoms with E-state index in [4.69, 9.17) is 0 Å². The summed E-state index contributed by atoms with van der Waals surface area (Å²) in [6.07, 6.45) is 0. The van der Waals surface area contributed by atoms with Gasteiger partial charge in [0.1, 0.15) is 0 Å². The molecule has 15 heavy (non-hydrogen) atoms. The highest BCUT2D eigenvalue weighted by Gasteiger charge is 2.19. The number of nitrogens with zero attached hydrogens (tertiary/aromatic N) is 3. The van der Waals surface area contributed by atoms with Gasteiger partial charge in [0, 0.05) is 38.8 Å². The Kier molecular flexibility index (Phi) is 5.58. The molecule has 1 rings (SSSR count). The van der Waals surface area contributed by atoms with Crippen molar-refractivity contribution in [2.24, 2.45) is 0 Å². The predicted octanol–water partition coefficient (Wildman–Crippen LogP) is 0.964. The summed E-state index contributed by atoms with van der Waals surface area (Å²) in [6.45, 7) is 15.4. The van der Waals surface area contributed by atoms with Gasteiger partial charge in [-0.3, -0.25) is 4.90 Å². The summed E-state index contributed by atoms with van der Waals surface area (Å²) in [5, 5.41) is 0. The number of piperazine rings is 1. The quantitative estimate of drug-likeness (QED) is 0.673. The summed E-state index contributed by atoms with van der Waals surface area (Å²) in [4.78, 5) is 7.56. The Balaban J connectivity index is 2.30. The third-order valence-corrected chi connectivity index (χ3v) is 3.58. The van der Waals surface area contributed by atoms with Crippen LogP contribution in [-0.2, 0) is 0 Å². The van der Waals surface area contributed by atoms with Crippen LogP contribution in [0.15, 0.2) is 0 Å². The van der Waals surface area contributed by atoms with Crippen LogP contribution in [0.1, 0.15) is 20.8 Å². The van der Waals surface area contributed by atoms with Crippen LogP contribution in [0.25, 0.3) is 0 Å². The van der Waals surface area contributed by atoms with Crippen molar-refractivity contribution in [3.8, 4) is 0 Å². The van der Waals surface area contributed by atoms with E-state index in [1.807, 2.05) is 0 Å². The second kappa shape index (κ2) is 6.46. The Labute approximate surface area is 95.0 Å². The molecule has 0 aliphatic carbocycles. The minimum atomic E-state index is 0.707. The van der Waals surface area contributed by atoms with E-state index >= 15 is 0 Å². The van der Waals surface area contributed by atoms with Gasteiger partial charge in [0.05, 0.1) is 0 Å². The number of hydrogen-bond donors (Lipinski definition) is 0. The van der Waals surface area contributed by atoms with Crippen LogP contribution in [-0.4, -0.2) is 73.6 Å². The van der Waals surface area contributed by atoms with E-state index in [1.165, 1.54) is 45.8 Å². The number of rotatable bonds is 5. The lowest BCUT2D eigenvalue weighted by Crippen LogP contribution is -2.51. The molecule has 1 heterocycles. The molecule has 1 aliphatic heterocycles. The van der Waals surface area contributed by atoms with Crippen molar-refractivity contribution in [1.29, 1.82) is 0 Å². The Morgan fingerprint density at radius 3 is 2.07 bits per heavy atom. The lowest BCUT2D eigenvalue weighted by molar-refractivity contribution is 0.0962. The largest absolute Gasteiger partial charge is 0.304 e. The Hall–Kier alpha value is -0.120. The first-order chi connectivity index (χ1) is 7.17. The normalized spacial score (nSPS) is 22.2. The van der Waals surface area contributed by atoms with Gasteiger partial charge in [-0.05, 0) is 27.1 Å². The first-order valence-electron chi connectivity index (χ1n) is 6.32. The average Bonchev–Trinajstić information content (AvgIpc) is 2.26. The highest BCUT2D eigenvalue weighted by atomic mass is 15.3. The van der Waals surface area contributed by atoms with Crippen LogP contribution in [0.4, 0.5) is 0 Å². The zero-order chi connectivity index (χ0) is 11.3. The van der Waals surface area contributed by atoms with Crippen LogP contribution < -0.4 is 0 Å². The molecule has 0 spiro atoms. The first kappa shape index (κ1) is 12.9. The summed E-state index contributed by atoms with van der Waals surface area (Å²) in [6, 6.07) is 0.707. The molecule has 1 unspecified atom stereocenters. The zero-order valence-electron chi connectivity index (χ0n) is 10.9. The summed E-state index contributed by atoms with van der Waals surface area (Å²) >= 11 is 0. The summed E-state index contributed by atoms with van der Waals surface area (Å²) in [5.41, 5.74) is 0. The minimum Gasteiger partial charge on any atom is -0.304 e. The van der Waals surface area contributed by atoms with Gasteiger partial charge in [-0.2, -0.15) is 0 Å². The van der Waals surface area contributed by atoms with Crippen LogP contribution in [0.3, 0.4) is 0 Å². The van der Waals surface area contributed by atoms with Crippen LogP contribution in [0.5, 0.6) is 0 Å². The fourth-order valence-corrected chi connectivity index (χ4v) is 2.23. The van der Waals surface area contributed by atoms with Crippen LogP contribution in [0, 0.1) is 0 Å². The van der Waals surface area contributed by atoms with Gasteiger partial charge in [0.25, 0.3) is 0 Å². The standard InChI is InChI=1S/C12H27N3/c1-5-14(6-2)11-12(3)15-9-7-13(4)8-10-15/h12H,5-11H2,1-4H3. The van der Waals surface area contributed by atoms with Crippen molar-refractivity contribution in [2.45, 2.75) is 26.8 Å². The molecule has 3 nitrogen and oxygen atoms in total. The van der Waals surface area contributed by atoms with E-state index in [0.29, 0.717) is 6.04 Å². The minimum absolute atomic E-state index is 0.707. The van der Waals surface area contributed by atoms with Gasteiger partial charge in [-0.1, -0.05) is 13.8 Å². The fourth-order valence-electron chi connectivity index (χ4n) is 2.23. The molecule has 3 heteroatoms. The Bertz CT molecular complexity index is 160. The SMILES string of the molecule is CCN(CC)CC(C)N1CCN(C)CC1. The van der Waals surface area contributed by atoms with E-state index < -0.39 is 0 Å². The average molecular weight is 213 g/mol. The fraction of sp³-hybridized carbons (Fsp3) is 1.00. The number of likely N-dealkylation sites (N-methyl/N-ethyl adjacent to an activating group) is 2. The van der Waals surface area contributed by atoms with Gasteiger partial charge < -0.3 is 9.80 Å². The van der Waals surface area contributed by atoms with E-state index in [2.05, 4.69) is 42.5 Å². The first-order valence-corrected chi connectivity index (χ1v) is 6.32. The maximum atomic E-state index is 2.62. The lowest BCUT2D eigenvalue weighted by Gasteiger charge is -2.38. The molecule has 0 radical (unpaired) electrons. The molecule has 0 aromatic rings. The van der Waals surface area contributed by atoms with Crippen molar-refractivity contribution in [3.05, 3.63) is 0 Å². The molecule has 0 aromatic heterocycles. The van der Waals surface area contributed by atoms with Crippen molar-refractivity contribution < 1.29 is 0 Å². The molecule has 90 valence electrons. The van der Waals surface area contributed by atoms with E-state index in [-0.39, 0.29) is 0 Å². The molecule has 0 saturated carbocycles. The zero-order valence-corrected chi connectivity index (χ0v) is 10.9. The topological polar surface area (TPSA) is 9.72 Å². The Morgan fingerprint density at radius 1 is 1.07 bits per heavy atom. The molecule has 1 aliphatic rings. The molecule has 1 saturated heterocycles. The molecular weight excluding hydrogens is 186 g/mol. The van der Waals surface area contributed by atoms with Gasteiger partial charge in [-0.25, -0.2) is 0 Å². The van der Waals surface area contributed by atoms with Crippen molar-refractivity contribution in [1.82, 2.24) is 14.7 Å². The lowest BCUT2D eigenvalue weighted by atomic mass is 10.2. The van der Waals surface area contributed by atoms with E-state index in [9.17, 15) is 0 Å². The van der Waals surface area contributed by atoms with Crippen molar-refractivity contribution in [2.75, 3.05) is 52.9 Å². The summed E-state index contributed by atoms with van der Waals surface area (Å²) in [7, 11) is 2.21. The molecule has 0 amide bonds. The monoisotopic (exact) mass is 213 g/mol. The molecule has 0 bridgehead atoms. The van der Waals surface area contributed by atoms with Gasteiger partial charge in [0.2, 0.25) is 0 Å². The molecule has 0 aromatic carbocycles. The van der Waals surface area contributed by atoms with E-state index in [0.717, 1.165) is 0 Å². The summed E-state index contributed by atoms with van der Waals surface area (Å²) < 4.78 is 0. The highest BCUT2D eigenvalue weighted by Crippen LogP contribution is 2.06. The second-order valence-corrected chi connectivity index (χ2v) is 4.67. The predicted molar refractivity (Wildman–Crippen MR) is 66.3 cm³/mol. The second-order valence-electron chi connectivity index (χ2n) is 4.67. The van der Waals surface area contributed by atoms with E-state index in [1.54, 1.807) is 0 Å². The van der Waals surface area contributed by atoms with Crippen molar-refractivity contribution >= 4 is 0 Å². The third-order valence-electron chi connectivity index (χ3n) is 3.58. The smallest absolute Gasteiger partial charge is 0.0195 e.